The topological polar surface area (TPSA) is 54.4 Å². The van der Waals surface area contributed by atoms with Crippen molar-refractivity contribution in [2.24, 2.45) is 0 Å². The first-order valence-corrected chi connectivity index (χ1v) is 6.52. The van der Waals surface area contributed by atoms with Crippen LogP contribution in [0.4, 0.5) is 4.39 Å². The van der Waals surface area contributed by atoms with Gasteiger partial charge in [-0.3, -0.25) is 0 Å². The van der Waals surface area contributed by atoms with Crippen molar-refractivity contribution in [3.05, 3.63) is 35.6 Å². The molecule has 0 aromatic heterocycles. The van der Waals surface area contributed by atoms with E-state index in [0.29, 0.717) is 5.56 Å². The molecular formula is C10H13FO3S. The molecule has 84 valence electrons. The first-order chi connectivity index (χ1) is 6.92. The number of aliphatic hydroxyl groups excluding tert-OH is 1. The molecule has 1 N–H and O–H groups in total. The van der Waals surface area contributed by atoms with Gasteiger partial charge in [-0.05, 0) is 17.7 Å². The summed E-state index contributed by atoms with van der Waals surface area (Å²) in [5.41, 5.74) is 0.629. The summed E-state index contributed by atoms with van der Waals surface area (Å²) in [6, 6.07) is 5.48. The quantitative estimate of drug-likeness (QED) is 0.840. The third-order valence-corrected chi connectivity index (χ3v) is 3.07. The lowest BCUT2D eigenvalue weighted by molar-refractivity contribution is 0.273. The molecule has 0 saturated heterocycles. The van der Waals surface area contributed by atoms with E-state index in [9.17, 15) is 12.8 Å². The van der Waals surface area contributed by atoms with Gasteiger partial charge in [-0.25, -0.2) is 12.8 Å². The molecule has 0 radical (unpaired) electrons. The number of hydrogen-bond acceptors (Lipinski definition) is 3. The van der Waals surface area contributed by atoms with Crippen LogP contribution in [0.15, 0.2) is 24.3 Å². The van der Waals surface area contributed by atoms with Crippen molar-refractivity contribution in [3.63, 3.8) is 0 Å². The highest BCUT2D eigenvalue weighted by atomic mass is 32.2. The van der Waals surface area contributed by atoms with Crippen LogP contribution < -0.4 is 0 Å². The van der Waals surface area contributed by atoms with Crippen molar-refractivity contribution in [3.8, 4) is 0 Å². The average Bonchev–Trinajstić information content (AvgIpc) is 2.14. The van der Waals surface area contributed by atoms with E-state index in [0.717, 1.165) is 6.26 Å². The Balaban J connectivity index is 2.88. The lowest BCUT2D eigenvalue weighted by atomic mass is 10.0. The summed E-state index contributed by atoms with van der Waals surface area (Å²) in [6.45, 7) is -0.265. The number of aliphatic hydroxyl groups is 1. The smallest absolute Gasteiger partial charge is 0.148 e. The fraction of sp³-hybridized carbons (Fsp3) is 0.400. The fourth-order valence-electron chi connectivity index (χ4n) is 1.35. The Hall–Kier alpha value is -0.940. The second kappa shape index (κ2) is 4.72. The molecule has 0 aliphatic heterocycles. The highest BCUT2D eigenvalue weighted by Gasteiger charge is 2.16. The molecule has 0 heterocycles. The highest BCUT2D eigenvalue weighted by molar-refractivity contribution is 7.90. The maximum Gasteiger partial charge on any atom is 0.148 e. The van der Waals surface area contributed by atoms with Gasteiger partial charge in [0.25, 0.3) is 0 Å². The van der Waals surface area contributed by atoms with Crippen molar-refractivity contribution in [2.45, 2.75) is 5.92 Å². The highest BCUT2D eigenvalue weighted by Crippen LogP contribution is 2.17. The van der Waals surface area contributed by atoms with Gasteiger partial charge in [-0.15, -0.1) is 0 Å². The molecule has 1 atom stereocenters. The minimum Gasteiger partial charge on any atom is -0.396 e. The van der Waals surface area contributed by atoms with E-state index in [1.165, 1.54) is 24.3 Å². The van der Waals surface area contributed by atoms with E-state index in [4.69, 9.17) is 5.11 Å². The largest absolute Gasteiger partial charge is 0.396 e. The van der Waals surface area contributed by atoms with Crippen LogP contribution >= 0.6 is 0 Å². The van der Waals surface area contributed by atoms with Gasteiger partial charge in [0.2, 0.25) is 0 Å². The molecule has 0 amide bonds. The number of halogens is 1. The van der Waals surface area contributed by atoms with Crippen LogP contribution in [-0.2, 0) is 9.84 Å². The van der Waals surface area contributed by atoms with Crippen molar-refractivity contribution >= 4 is 9.84 Å². The lowest BCUT2D eigenvalue weighted by Gasteiger charge is -2.12. The van der Waals surface area contributed by atoms with E-state index in [1.54, 1.807) is 0 Å². The molecule has 1 rings (SSSR count). The Kier molecular flexibility index (Phi) is 3.82. The molecule has 15 heavy (non-hydrogen) atoms. The summed E-state index contributed by atoms with van der Waals surface area (Å²) in [4.78, 5) is 0. The predicted molar refractivity (Wildman–Crippen MR) is 55.9 cm³/mol. The van der Waals surface area contributed by atoms with Gasteiger partial charge in [-0.2, -0.15) is 0 Å². The first-order valence-electron chi connectivity index (χ1n) is 4.46. The first kappa shape index (κ1) is 12.1. The van der Waals surface area contributed by atoms with E-state index >= 15 is 0 Å². The van der Waals surface area contributed by atoms with Crippen LogP contribution in [-0.4, -0.2) is 32.1 Å². The molecule has 0 aliphatic carbocycles. The van der Waals surface area contributed by atoms with Crippen molar-refractivity contribution in [2.75, 3.05) is 18.6 Å². The number of sulfone groups is 1. The van der Waals surface area contributed by atoms with E-state index in [2.05, 4.69) is 0 Å². The van der Waals surface area contributed by atoms with Gasteiger partial charge in [-0.1, -0.05) is 12.1 Å². The molecule has 3 nitrogen and oxygen atoms in total. The van der Waals surface area contributed by atoms with Crippen LogP contribution in [0.2, 0.25) is 0 Å². The summed E-state index contributed by atoms with van der Waals surface area (Å²) in [6.07, 6.45) is 1.11. The molecule has 5 heteroatoms. The van der Waals surface area contributed by atoms with Gasteiger partial charge in [0.1, 0.15) is 15.7 Å². The second-order valence-corrected chi connectivity index (χ2v) is 5.71. The molecule has 0 bridgehead atoms. The Labute approximate surface area is 88.5 Å². The molecule has 1 unspecified atom stereocenters. The van der Waals surface area contributed by atoms with Crippen LogP contribution in [0.3, 0.4) is 0 Å². The van der Waals surface area contributed by atoms with Gasteiger partial charge in [0.05, 0.1) is 12.4 Å². The summed E-state index contributed by atoms with van der Waals surface area (Å²) in [5.74, 6) is -0.995. The minimum absolute atomic E-state index is 0.130. The summed E-state index contributed by atoms with van der Waals surface area (Å²) >= 11 is 0. The van der Waals surface area contributed by atoms with Crippen LogP contribution in [0.5, 0.6) is 0 Å². The van der Waals surface area contributed by atoms with Crippen molar-refractivity contribution in [1.82, 2.24) is 0 Å². The number of benzene rings is 1. The number of rotatable bonds is 4. The fourth-order valence-corrected chi connectivity index (χ4v) is 2.38. The summed E-state index contributed by atoms with van der Waals surface area (Å²) in [5, 5.41) is 9.05. The van der Waals surface area contributed by atoms with E-state index < -0.39 is 15.8 Å². The summed E-state index contributed by atoms with van der Waals surface area (Å²) in [7, 11) is -3.15. The molecule has 0 spiro atoms. The molecule has 0 fully saturated rings. The van der Waals surface area contributed by atoms with Gasteiger partial charge < -0.3 is 5.11 Å². The van der Waals surface area contributed by atoms with Crippen molar-refractivity contribution in [1.29, 1.82) is 0 Å². The van der Waals surface area contributed by atoms with Gasteiger partial charge in [0, 0.05) is 12.2 Å². The molecule has 0 saturated carbocycles. The van der Waals surface area contributed by atoms with E-state index in [-0.39, 0.29) is 18.2 Å². The standard InChI is InChI=1S/C10H13FO3S/c1-15(13,14)7-9(6-12)8-2-4-10(11)5-3-8/h2-5,9,12H,6-7H2,1H3. The minimum atomic E-state index is -3.15. The zero-order valence-corrected chi connectivity index (χ0v) is 9.17. The SMILES string of the molecule is CS(=O)(=O)CC(CO)c1ccc(F)cc1. The molecule has 0 aliphatic rings. The van der Waals surface area contributed by atoms with Crippen molar-refractivity contribution < 1.29 is 17.9 Å². The summed E-state index contributed by atoms with van der Waals surface area (Å²) < 4.78 is 34.7. The van der Waals surface area contributed by atoms with Gasteiger partial charge >= 0.3 is 0 Å². The Morgan fingerprint density at radius 3 is 2.27 bits per heavy atom. The van der Waals surface area contributed by atoms with Crippen LogP contribution in [0.25, 0.3) is 0 Å². The van der Waals surface area contributed by atoms with Crippen LogP contribution in [0.1, 0.15) is 11.5 Å². The number of hydrogen-bond donors (Lipinski definition) is 1. The second-order valence-electron chi connectivity index (χ2n) is 3.52. The third kappa shape index (κ3) is 3.97. The molecule has 1 aromatic carbocycles. The maximum absolute atomic E-state index is 12.6. The zero-order valence-electron chi connectivity index (χ0n) is 8.35. The Morgan fingerprint density at radius 2 is 1.87 bits per heavy atom. The van der Waals surface area contributed by atoms with E-state index in [1.807, 2.05) is 0 Å². The normalized spacial score (nSPS) is 13.8. The lowest BCUT2D eigenvalue weighted by Crippen LogP contribution is -2.16. The van der Waals surface area contributed by atoms with Gasteiger partial charge in [0.15, 0.2) is 0 Å². The Bertz CT molecular complexity index is 411. The third-order valence-electron chi connectivity index (χ3n) is 2.07. The molecular weight excluding hydrogens is 219 g/mol. The Morgan fingerprint density at radius 1 is 1.33 bits per heavy atom. The zero-order chi connectivity index (χ0) is 11.5. The monoisotopic (exact) mass is 232 g/mol. The predicted octanol–water partition coefficient (Wildman–Crippen LogP) is 0.946. The average molecular weight is 232 g/mol. The van der Waals surface area contributed by atoms with Crippen LogP contribution in [0, 0.1) is 5.82 Å². The maximum atomic E-state index is 12.6. The molecule has 1 aromatic rings.